The van der Waals surface area contributed by atoms with E-state index in [0.29, 0.717) is 5.56 Å². The number of ether oxygens (including phenoxy) is 2. The third-order valence-electron chi connectivity index (χ3n) is 3.41. The van der Waals surface area contributed by atoms with E-state index in [-0.39, 0.29) is 5.02 Å². The highest BCUT2D eigenvalue weighted by atomic mass is 35.5. The number of carbonyl (C=O) groups excluding carboxylic acids is 4. The van der Waals surface area contributed by atoms with Crippen molar-refractivity contribution in [1.29, 1.82) is 0 Å². The van der Waals surface area contributed by atoms with Crippen molar-refractivity contribution in [2.45, 2.75) is 11.8 Å². The van der Waals surface area contributed by atoms with Gasteiger partial charge in [-0.2, -0.15) is 8.42 Å². The molecule has 0 fully saturated rings. The number of amides is 1. The first-order valence-corrected chi connectivity index (χ1v) is 9.21. The monoisotopic (exact) mass is 450 g/mol. The molecule has 0 aliphatic heterocycles. The Hall–Kier alpha value is -3.03. The van der Waals surface area contributed by atoms with Crippen LogP contribution in [0, 0.1) is 12.8 Å². The molecule has 1 amide bonds. The van der Waals surface area contributed by atoms with Gasteiger partial charge < -0.3 is 20.0 Å². The number of esters is 2. The second kappa shape index (κ2) is 9.45. The highest BCUT2D eigenvalue weighted by Crippen LogP contribution is 2.31. The van der Waals surface area contributed by atoms with E-state index in [9.17, 15) is 32.1 Å². The van der Waals surface area contributed by atoms with Gasteiger partial charge in [0.25, 0.3) is 16.0 Å². The van der Waals surface area contributed by atoms with Crippen molar-refractivity contribution in [2.24, 2.45) is 11.1 Å². The summed E-state index contributed by atoms with van der Waals surface area (Å²) < 4.78 is 41.0. The molecule has 12 nitrogen and oxygen atoms in total. The lowest BCUT2D eigenvalue weighted by atomic mass is 9.97. The summed E-state index contributed by atoms with van der Waals surface area (Å²) >= 11 is 5.89. The number of nitrogens with one attached hydrogen (secondary N) is 1. The van der Waals surface area contributed by atoms with Crippen LogP contribution in [-0.4, -0.2) is 61.7 Å². The van der Waals surface area contributed by atoms with Gasteiger partial charge in [-0.25, -0.2) is 4.79 Å². The van der Waals surface area contributed by atoms with Gasteiger partial charge in [0.2, 0.25) is 5.78 Å². The number of rotatable bonds is 7. The van der Waals surface area contributed by atoms with E-state index >= 15 is 0 Å². The Morgan fingerprint density at radius 2 is 1.76 bits per heavy atom. The average Bonchev–Trinajstić information content (AvgIpc) is 2.65. The standard InChI is InChI=1S/C15H15ClN2O10S/c1-6-4-7(16)10(8(5-6)29(24,25)26)17-13(20)12(19)9(14(21)27-2)11(18-23)15(22)28-3/h4-5,9,23H,1-3H3,(H,17,20)(H,24,25,26)/b18-11+/t9-/m0/s1. The van der Waals surface area contributed by atoms with E-state index in [2.05, 4.69) is 14.6 Å². The van der Waals surface area contributed by atoms with Crippen LogP contribution in [0.5, 0.6) is 0 Å². The fraction of sp³-hybridized carbons (Fsp3) is 0.267. The second-order valence-electron chi connectivity index (χ2n) is 5.35. The average molecular weight is 451 g/mol. The lowest BCUT2D eigenvalue weighted by molar-refractivity contribution is -0.150. The molecular formula is C15H15ClN2O10S. The number of aryl methyl sites for hydroxylation is 1. The van der Waals surface area contributed by atoms with Crippen molar-refractivity contribution in [3.8, 4) is 0 Å². The second-order valence-corrected chi connectivity index (χ2v) is 7.14. The normalized spacial score (nSPS) is 12.7. The summed E-state index contributed by atoms with van der Waals surface area (Å²) in [5, 5.41) is 13.0. The number of carbonyl (C=O) groups is 4. The molecule has 158 valence electrons. The fourth-order valence-electron chi connectivity index (χ4n) is 2.12. The first kappa shape index (κ1) is 24.0. The summed E-state index contributed by atoms with van der Waals surface area (Å²) in [5.74, 6) is -8.45. The predicted octanol–water partition coefficient (Wildman–Crippen LogP) is 0.195. The zero-order chi connectivity index (χ0) is 22.5. The Morgan fingerprint density at radius 3 is 2.21 bits per heavy atom. The Morgan fingerprint density at radius 1 is 1.17 bits per heavy atom. The molecule has 0 radical (unpaired) electrons. The summed E-state index contributed by atoms with van der Waals surface area (Å²) in [6, 6.07) is 2.19. The number of oxime groups is 1. The minimum atomic E-state index is -4.87. The fourth-order valence-corrected chi connectivity index (χ4v) is 3.25. The molecule has 0 aliphatic carbocycles. The Kier molecular flexibility index (Phi) is 7.82. The van der Waals surface area contributed by atoms with Crippen LogP contribution in [0.2, 0.25) is 5.02 Å². The number of halogens is 1. The largest absolute Gasteiger partial charge is 0.468 e. The molecule has 0 aromatic heterocycles. The summed E-state index contributed by atoms with van der Waals surface area (Å²) in [4.78, 5) is 47.5. The minimum absolute atomic E-state index is 0.305. The van der Waals surface area contributed by atoms with E-state index in [0.717, 1.165) is 20.3 Å². The Bertz CT molecular complexity index is 1000. The van der Waals surface area contributed by atoms with Crippen LogP contribution in [0.1, 0.15) is 5.56 Å². The van der Waals surface area contributed by atoms with Gasteiger partial charge in [-0.3, -0.25) is 18.9 Å². The predicted molar refractivity (Wildman–Crippen MR) is 96.4 cm³/mol. The minimum Gasteiger partial charge on any atom is -0.468 e. The number of hydrogen-bond acceptors (Lipinski definition) is 10. The third kappa shape index (κ3) is 5.49. The molecule has 14 heteroatoms. The summed E-state index contributed by atoms with van der Waals surface area (Å²) in [6.07, 6.45) is 0. The molecule has 1 aromatic carbocycles. The number of benzene rings is 1. The quantitative estimate of drug-likeness (QED) is 0.0984. The molecule has 0 saturated carbocycles. The van der Waals surface area contributed by atoms with Crippen molar-refractivity contribution in [1.82, 2.24) is 0 Å². The summed E-state index contributed by atoms with van der Waals surface area (Å²) in [5.41, 5.74) is -1.49. The molecule has 0 spiro atoms. The number of Topliss-reactive ketones (excluding diaryl/α,β-unsaturated/α-hetero) is 1. The van der Waals surface area contributed by atoms with Crippen LogP contribution >= 0.6 is 11.6 Å². The maximum atomic E-state index is 12.4. The lowest BCUT2D eigenvalue weighted by Crippen LogP contribution is -2.43. The molecular weight excluding hydrogens is 436 g/mol. The molecule has 0 heterocycles. The zero-order valence-electron chi connectivity index (χ0n) is 15.1. The summed E-state index contributed by atoms with van der Waals surface area (Å²) in [6.45, 7) is 1.45. The topological polar surface area (TPSA) is 186 Å². The van der Waals surface area contributed by atoms with Crippen molar-refractivity contribution in [3.05, 3.63) is 22.7 Å². The molecule has 0 saturated heterocycles. The van der Waals surface area contributed by atoms with Gasteiger partial charge in [0, 0.05) is 0 Å². The molecule has 3 N–H and O–H groups in total. The number of ketones is 1. The molecule has 1 rings (SSSR count). The van der Waals surface area contributed by atoms with Gasteiger partial charge >= 0.3 is 11.9 Å². The maximum Gasteiger partial charge on any atom is 0.357 e. The molecule has 0 bridgehead atoms. The van der Waals surface area contributed by atoms with E-state index in [1.807, 2.05) is 5.32 Å². The van der Waals surface area contributed by atoms with Crippen molar-refractivity contribution < 1.29 is 46.8 Å². The van der Waals surface area contributed by atoms with Gasteiger partial charge in [0.15, 0.2) is 11.6 Å². The van der Waals surface area contributed by atoms with Gasteiger partial charge in [-0.15, -0.1) is 0 Å². The van der Waals surface area contributed by atoms with E-state index < -0.39 is 56.0 Å². The SMILES string of the molecule is COC(=O)/C(=N/O)[C@H](C(=O)OC)C(=O)C(=O)Nc1c(Cl)cc(C)cc1S(=O)(=O)O. The van der Waals surface area contributed by atoms with Gasteiger partial charge in [-0.05, 0) is 24.6 Å². The van der Waals surface area contributed by atoms with Crippen LogP contribution < -0.4 is 5.32 Å². The smallest absolute Gasteiger partial charge is 0.357 e. The molecule has 0 unspecified atom stereocenters. The number of anilines is 1. The van der Waals surface area contributed by atoms with Crippen LogP contribution in [-0.2, 0) is 38.8 Å². The van der Waals surface area contributed by atoms with Gasteiger partial charge in [0.1, 0.15) is 4.90 Å². The first-order chi connectivity index (χ1) is 13.4. The van der Waals surface area contributed by atoms with E-state index in [1.54, 1.807) is 0 Å². The van der Waals surface area contributed by atoms with E-state index in [1.165, 1.54) is 13.0 Å². The highest BCUT2D eigenvalue weighted by Gasteiger charge is 2.42. The van der Waals surface area contributed by atoms with Crippen LogP contribution in [0.4, 0.5) is 5.69 Å². The molecule has 29 heavy (non-hydrogen) atoms. The first-order valence-electron chi connectivity index (χ1n) is 7.39. The van der Waals surface area contributed by atoms with Crippen LogP contribution in [0.15, 0.2) is 22.2 Å². The number of hydrogen-bond donors (Lipinski definition) is 3. The maximum absolute atomic E-state index is 12.4. The van der Waals surface area contributed by atoms with Crippen molar-refractivity contribution in [2.75, 3.05) is 19.5 Å². The Labute approximate surface area is 169 Å². The van der Waals surface area contributed by atoms with Crippen molar-refractivity contribution >= 4 is 56.7 Å². The Balaban J connectivity index is 3.43. The highest BCUT2D eigenvalue weighted by molar-refractivity contribution is 7.86. The zero-order valence-corrected chi connectivity index (χ0v) is 16.7. The van der Waals surface area contributed by atoms with Crippen LogP contribution in [0.3, 0.4) is 0 Å². The lowest BCUT2D eigenvalue weighted by Gasteiger charge is -2.15. The molecule has 1 atom stereocenters. The van der Waals surface area contributed by atoms with Gasteiger partial charge in [-0.1, -0.05) is 16.8 Å². The molecule has 0 aliphatic rings. The number of methoxy groups -OCH3 is 2. The van der Waals surface area contributed by atoms with E-state index in [4.69, 9.17) is 16.8 Å². The van der Waals surface area contributed by atoms with Crippen LogP contribution in [0.25, 0.3) is 0 Å². The van der Waals surface area contributed by atoms with Crippen molar-refractivity contribution in [3.63, 3.8) is 0 Å². The molecule has 1 aromatic rings. The third-order valence-corrected chi connectivity index (χ3v) is 4.59. The number of nitrogens with zero attached hydrogens (tertiary/aromatic N) is 1. The summed E-state index contributed by atoms with van der Waals surface area (Å²) in [7, 11) is -3.18. The van der Waals surface area contributed by atoms with Gasteiger partial charge in [0.05, 0.1) is 24.9 Å².